The van der Waals surface area contributed by atoms with Gasteiger partial charge in [-0.05, 0) is 12.0 Å². The molecule has 1 aliphatic rings. The summed E-state index contributed by atoms with van der Waals surface area (Å²) in [6, 6.07) is 10.4. The molecule has 0 amide bonds. The molecule has 1 aliphatic heterocycles. The zero-order valence-corrected chi connectivity index (χ0v) is 7.31. The van der Waals surface area contributed by atoms with Crippen molar-refractivity contribution in [2.75, 3.05) is 6.61 Å². The van der Waals surface area contributed by atoms with Gasteiger partial charge >= 0.3 is 0 Å². The van der Waals surface area contributed by atoms with Gasteiger partial charge in [0.15, 0.2) is 0 Å². The Kier molecular flexibility index (Phi) is 2.59. The number of hydrogen-bond acceptors (Lipinski definition) is 3. The molecular weight excluding hydrogens is 166 g/mol. The highest BCUT2D eigenvalue weighted by Crippen LogP contribution is 2.08. The quantitative estimate of drug-likeness (QED) is 0.694. The zero-order chi connectivity index (χ0) is 9.10. The average Bonchev–Trinajstić information content (AvgIpc) is 2.53. The summed E-state index contributed by atoms with van der Waals surface area (Å²) in [7, 11) is 0. The van der Waals surface area contributed by atoms with E-state index in [-0.39, 0.29) is 6.04 Å². The van der Waals surface area contributed by atoms with Crippen LogP contribution in [0.3, 0.4) is 0 Å². The minimum atomic E-state index is -0.784. The van der Waals surface area contributed by atoms with Gasteiger partial charge in [-0.25, -0.2) is 0 Å². The Labute approximate surface area is 77.3 Å². The van der Waals surface area contributed by atoms with Gasteiger partial charge in [0.25, 0.3) is 0 Å². The normalized spacial score (nSPS) is 27.8. The summed E-state index contributed by atoms with van der Waals surface area (Å²) < 4.78 is 4.98. The molecule has 2 N–H and O–H groups in total. The van der Waals surface area contributed by atoms with Gasteiger partial charge in [-0.15, -0.1) is 0 Å². The highest BCUT2D eigenvalue weighted by molar-refractivity contribution is 5.16. The van der Waals surface area contributed by atoms with Crippen LogP contribution in [0.2, 0.25) is 0 Å². The van der Waals surface area contributed by atoms with Crippen molar-refractivity contribution < 1.29 is 9.84 Å². The van der Waals surface area contributed by atoms with Crippen LogP contribution in [0.4, 0.5) is 0 Å². The molecule has 0 bridgehead atoms. The van der Waals surface area contributed by atoms with Crippen molar-refractivity contribution >= 4 is 0 Å². The number of rotatable bonds is 2. The van der Waals surface area contributed by atoms with Gasteiger partial charge in [0.2, 0.25) is 6.41 Å². The molecule has 2 unspecified atom stereocenters. The maximum atomic E-state index is 9.04. The first-order valence-corrected chi connectivity index (χ1v) is 4.44. The van der Waals surface area contributed by atoms with Crippen LogP contribution in [-0.2, 0) is 11.2 Å². The van der Waals surface area contributed by atoms with E-state index in [1.54, 1.807) is 0 Å². The second-order valence-electron chi connectivity index (χ2n) is 3.24. The van der Waals surface area contributed by atoms with Crippen LogP contribution in [0.15, 0.2) is 30.3 Å². The van der Waals surface area contributed by atoms with Crippen molar-refractivity contribution in [3.05, 3.63) is 35.9 Å². The zero-order valence-electron chi connectivity index (χ0n) is 7.31. The Bertz CT molecular complexity index is 263. The van der Waals surface area contributed by atoms with Gasteiger partial charge in [0.05, 0.1) is 6.61 Å². The molecule has 1 aromatic rings. The van der Waals surface area contributed by atoms with E-state index in [9.17, 15) is 0 Å². The monoisotopic (exact) mass is 179 g/mol. The summed E-state index contributed by atoms with van der Waals surface area (Å²) in [5, 5.41) is 12.0. The highest BCUT2D eigenvalue weighted by atomic mass is 16.6. The van der Waals surface area contributed by atoms with Gasteiger partial charge in [-0.1, -0.05) is 30.3 Å². The molecule has 0 radical (unpaired) electrons. The van der Waals surface area contributed by atoms with Crippen molar-refractivity contribution in [2.45, 2.75) is 18.9 Å². The van der Waals surface area contributed by atoms with Crippen LogP contribution >= 0.6 is 0 Å². The predicted molar refractivity (Wildman–Crippen MR) is 49.0 cm³/mol. The van der Waals surface area contributed by atoms with E-state index in [4.69, 9.17) is 9.84 Å². The first-order chi connectivity index (χ1) is 6.34. The van der Waals surface area contributed by atoms with Crippen LogP contribution in [0, 0.1) is 0 Å². The standard InChI is InChI=1S/C10H13NO2/c12-10-11-9(7-13-10)6-8-4-2-1-3-5-8/h1-5,9-12H,6-7H2. The van der Waals surface area contributed by atoms with E-state index in [2.05, 4.69) is 17.4 Å². The van der Waals surface area contributed by atoms with E-state index < -0.39 is 6.41 Å². The number of benzene rings is 1. The third-order valence-corrected chi connectivity index (χ3v) is 2.16. The lowest BCUT2D eigenvalue weighted by Gasteiger charge is -2.07. The summed E-state index contributed by atoms with van der Waals surface area (Å²) >= 11 is 0. The number of aliphatic hydroxyl groups excluding tert-OH is 1. The molecule has 0 aromatic heterocycles. The fraction of sp³-hybridized carbons (Fsp3) is 0.400. The number of ether oxygens (including phenoxy) is 1. The first kappa shape index (κ1) is 8.69. The fourth-order valence-corrected chi connectivity index (χ4v) is 1.52. The van der Waals surface area contributed by atoms with Crippen LogP contribution in [0.1, 0.15) is 5.56 Å². The van der Waals surface area contributed by atoms with Gasteiger partial charge in [-0.3, -0.25) is 5.32 Å². The maximum Gasteiger partial charge on any atom is 0.213 e. The van der Waals surface area contributed by atoms with Crippen molar-refractivity contribution in [1.29, 1.82) is 0 Å². The molecule has 0 spiro atoms. The van der Waals surface area contributed by atoms with Crippen LogP contribution in [0.25, 0.3) is 0 Å². The van der Waals surface area contributed by atoms with Crippen LogP contribution < -0.4 is 5.32 Å². The Morgan fingerprint density at radius 2 is 2.15 bits per heavy atom. The lowest BCUT2D eigenvalue weighted by Crippen LogP contribution is -2.31. The number of hydrogen-bond donors (Lipinski definition) is 2. The minimum absolute atomic E-state index is 0.234. The second-order valence-corrected chi connectivity index (χ2v) is 3.24. The number of nitrogens with one attached hydrogen (secondary N) is 1. The molecule has 13 heavy (non-hydrogen) atoms. The molecule has 1 aromatic carbocycles. The van der Waals surface area contributed by atoms with Crippen molar-refractivity contribution in [3.8, 4) is 0 Å². The Morgan fingerprint density at radius 3 is 2.77 bits per heavy atom. The maximum absolute atomic E-state index is 9.04. The molecule has 1 heterocycles. The summed E-state index contributed by atoms with van der Waals surface area (Å²) in [6.45, 7) is 0.579. The highest BCUT2D eigenvalue weighted by Gasteiger charge is 2.21. The molecule has 2 rings (SSSR count). The van der Waals surface area contributed by atoms with Gasteiger partial charge in [0, 0.05) is 6.04 Å². The van der Waals surface area contributed by atoms with Gasteiger partial charge in [0.1, 0.15) is 0 Å². The SMILES string of the molecule is OC1NC(Cc2ccccc2)CO1. The van der Waals surface area contributed by atoms with Crippen molar-refractivity contribution in [3.63, 3.8) is 0 Å². The molecular formula is C10H13NO2. The Morgan fingerprint density at radius 1 is 1.38 bits per heavy atom. The number of aliphatic hydroxyl groups is 1. The first-order valence-electron chi connectivity index (χ1n) is 4.44. The molecule has 70 valence electrons. The largest absolute Gasteiger partial charge is 0.356 e. The van der Waals surface area contributed by atoms with E-state index in [0.29, 0.717) is 6.61 Å². The van der Waals surface area contributed by atoms with E-state index in [1.165, 1.54) is 5.56 Å². The fourth-order valence-electron chi connectivity index (χ4n) is 1.52. The smallest absolute Gasteiger partial charge is 0.213 e. The topological polar surface area (TPSA) is 41.5 Å². The van der Waals surface area contributed by atoms with Crippen molar-refractivity contribution in [1.82, 2.24) is 5.32 Å². The van der Waals surface area contributed by atoms with Crippen molar-refractivity contribution in [2.24, 2.45) is 0 Å². The predicted octanol–water partition coefficient (Wildman–Crippen LogP) is 0.493. The average molecular weight is 179 g/mol. The molecule has 1 fully saturated rings. The van der Waals surface area contributed by atoms with Gasteiger partial charge < -0.3 is 9.84 Å². The van der Waals surface area contributed by atoms with Gasteiger partial charge in [-0.2, -0.15) is 0 Å². The Hall–Kier alpha value is -0.900. The third kappa shape index (κ3) is 2.28. The summed E-state index contributed by atoms with van der Waals surface area (Å²) in [5.41, 5.74) is 1.26. The van der Waals surface area contributed by atoms with E-state index in [0.717, 1.165) is 6.42 Å². The Balaban J connectivity index is 1.92. The minimum Gasteiger partial charge on any atom is -0.356 e. The van der Waals surface area contributed by atoms with Crippen LogP contribution in [-0.4, -0.2) is 24.2 Å². The summed E-state index contributed by atoms with van der Waals surface area (Å²) in [4.78, 5) is 0. The molecule has 3 heteroatoms. The molecule has 1 saturated heterocycles. The molecule has 0 saturated carbocycles. The molecule has 0 aliphatic carbocycles. The lowest BCUT2D eigenvalue weighted by atomic mass is 10.1. The lowest BCUT2D eigenvalue weighted by molar-refractivity contribution is -0.0719. The van der Waals surface area contributed by atoms with Crippen LogP contribution in [0.5, 0.6) is 0 Å². The molecule has 3 nitrogen and oxygen atoms in total. The summed E-state index contributed by atoms with van der Waals surface area (Å²) in [6.07, 6.45) is 0.117. The third-order valence-electron chi connectivity index (χ3n) is 2.16. The van der Waals surface area contributed by atoms with E-state index in [1.807, 2.05) is 18.2 Å². The van der Waals surface area contributed by atoms with E-state index >= 15 is 0 Å². The molecule has 2 atom stereocenters. The second kappa shape index (κ2) is 3.87. The summed E-state index contributed by atoms with van der Waals surface area (Å²) in [5.74, 6) is 0.